The van der Waals surface area contributed by atoms with E-state index in [2.05, 4.69) is 70.7 Å². The Morgan fingerprint density at radius 1 is 1.04 bits per heavy atom. The average Bonchev–Trinajstić information content (AvgIpc) is 2.95. The predicted octanol–water partition coefficient (Wildman–Crippen LogP) is 7.15. The molecule has 4 rings (SSSR count). The first kappa shape index (κ1) is 18.6. The van der Waals surface area contributed by atoms with Gasteiger partial charge in [0.15, 0.2) is 0 Å². The second-order valence-electron chi connectivity index (χ2n) is 7.83. The molecule has 3 heteroatoms. The molecule has 1 saturated carbocycles. The van der Waals surface area contributed by atoms with Gasteiger partial charge in [-0.2, -0.15) is 0 Å². The summed E-state index contributed by atoms with van der Waals surface area (Å²) >= 11 is 3.96. The Morgan fingerprint density at radius 3 is 2.59 bits per heavy atom. The van der Waals surface area contributed by atoms with Gasteiger partial charge in [-0.25, -0.2) is 0 Å². The molecule has 1 heterocycles. The number of rotatable bonds is 5. The molecule has 0 spiro atoms. The maximum atomic E-state index is 6.09. The van der Waals surface area contributed by atoms with Crippen molar-refractivity contribution >= 4 is 26.8 Å². The highest BCUT2D eigenvalue weighted by Crippen LogP contribution is 2.42. The molecule has 1 aromatic heterocycles. The van der Waals surface area contributed by atoms with Crippen LogP contribution in [0.2, 0.25) is 0 Å². The van der Waals surface area contributed by atoms with Crippen LogP contribution in [0.3, 0.4) is 0 Å². The van der Waals surface area contributed by atoms with E-state index in [1.165, 1.54) is 64.3 Å². The number of fused-ring (bicyclic) bond motifs is 1. The standard InChI is InChI=1S/C24H28BrNO/c1-17-12-13-20-21(16-17)26(14-15-27-22-11-7-6-8-18(22)2)24(25)23(20)19-9-4-3-5-10-19/h6-8,11-13,16,19H,3-5,9-10,14-15H2,1-2H3. The van der Waals surface area contributed by atoms with E-state index in [9.17, 15) is 0 Å². The van der Waals surface area contributed by atoms with Gasteiger partial charge >= 0.3 is 0 Å². The molecule has 142 valence electrons. The minimum absolute atomic E-state index is 0.672. The first-order chi connectivity index (χ1) is 13.1. The van der Waals surface area contributed by atoms with Crippen molar-refractivity contribution in [3.63, 3.8) is 0 Å². The summed E-state index contributed by atoms with van der Waals surface area (Å²) in [6.45, 7) is 5.79. The summed E-state index contributed by atoms with van der Waals surface area (Å²) in [6.07, 6.45) is 6.71. The Hall–Kier alpha value is -1.74. The van der Waals surface area contributed by atoms with E-state index in [-0.39, 0.29) is 0 Å². The Kier molecular flexibility index (Phi) is 5.58. The molecule has 2 nitrogen and oxygen atoms in total. The van der Waals surface area contributed by atoms with Gasteiger partial charge in [0.2, 0.25) is 0 Å². The molecule has 27 heavy (non-hydrogen) atoms. The van der Waals surface area contributed by atoms with Gasteiger partial charge in [0, 0.05) is 10.9 Å². The van der Waals surface area contributed by atoms with Crippen molar-refractivity contribution in [3.05, 3.63) is 63.8 Å². The molecule has 0 atom stereocenters. The van der Waals surface area contributed by atoms with Crippen molar-refractivity contribution in [2.75, 3.05) is 6.61 Å². The topological polar surface area (TPSA) is 14.2 Å². The van der Waals surface area contributed by atoms with Gasteiger partial charge in [0.25, 0.3) is 0 Å². The van der Waals surface area contributed by atoms with Crippen LogP contribution in [-0.4, -0.2) is 11.2 Å². The quantitative estimate of drug-likeness (QED) is 0.423. The summed E-state index contributed by atoms with van der Waals surface area (Å²) < 4.78 is 9.75. The van der Waals surface area contributed by atoms with Crippen molar-refractivity contribution in [2.24, 2.45) is 0 Å². The fourth-order valence-corrected chi connectivity index (χ4v) is 5.32. The summed E-state index contributed by atoms with van der Waals surface area (Å²) in [6, 6.07) is 15.1. The summed E-state index contributed by atoms with van der Waals surface area (Å²) in [7, 11) is 0. The van der Waals surface area contributed by atoms with Crippen LogP contribution in [0.25, 0.3) is 10.9 Å². The first-order valence-corrected chi connectivity index (χ1v) is 10.9. The number of hydrogen-bond acceptors (Lipinski definition) is 1. The number of nitrogens with zero attached hydrogens (tertiary/aromatic N) is 1. The number of hydrogen-bond donors (Lipinski definition) is 0. The Balaban J connectivity index is 1.64. The van der Waals surface area contributed by atoms with Crippen LogP contribution < -0.4 is 4.74 Å². The SMILES string of the molecule is Cc1ccc2c(C3CCCCC3)c(Br)n(CCOc3ccccc3C)c2c1. The number of benzene rings is 2. The van der Waals surface area contributed by atoms with E-state index in [0.717, 1.165) is 12.3 Å². The Bertz CT molecular complexity index is 937. The minimum atomic E-state index is 0.672. The van der Waals surface area contributed by atoms with Crippen molar-refractivity contribution in [1.29, 1.82) is 0 Å². The normalized spacial score (nSPS) is 15.4. The lowest BCUT2D eigenvalue weighted by Gasteiger charge is -2.22. The summed E-state index contributed by atoms with van der Waals surface area (Å²) in [5, 5.41) is 1.41. The molecule has 0 N–H and O–H groups in total. The molecule has 0 aliphatic heterocycles. The van der Waals surface area contributed by atoms with Crippen LogP contribution in [0.1, 0.15) is 54.7 Å². The van der Waals surface area contributed by atoms with Gasteiger partial charge in [-0.05, 0) is 77.4 Å². The molecule has 1 fully saturated rings. The van der Waals surface area contributed by atoms with Crippen molar-refractivity contribution in [2.45, 2.75) is 58.4 Å². The number of para-hydroxylation sites is 1. The highest BCUT2D eigenvalue weighted by molar-refractivity contribution is 9.10. The zero-order chi connectivity index (χ0) is 18.8. The predicted molar refractivity (Wildman–Crippen MR) is 117 cm³/mol. The first-order valence-electron chi connectivity index (χ1n) is 10.1. The second kappa shape index (κ2) is 8.10. The van der Waals surface area contributed by atoms with Crippen molar-refractivity contribution in [1.82, 2.24) is 4.57 Å². The maximum Gasteiger partial charge on any atom is 0.122 e. The molecule has 1 aliphatic carbocycles. The average molecular weight is 426 g/mol. The van der Waals surface area contributed by atoms with Gasteiger partial charge < -0.3 is 9.30 Å². The third kappa shape index (κ3) is 3.80. The molecule has 0 saturated heterocycles. The van der Waals surface area contributed by atoms with E-state index in [0.29, 0.717) is 12.5 Å². The fraction of sp³-hybridized carbons (Fsp3) is 0.417. The van der Waals surface area contributed by atoms with E-state index < -0.39 is 0 Å². The number of halogens is 1. The minimum Gasteiger partial charge on any atom is -0.491 e. The molecule has 0 amide bonds. The molecular formula is C24H28BrNO. The molecule has 0 unspecified atom stereocenters. The summed E-state index contributed by atoms with van der Waals surface area (Å²) in [5.74, 6) is 1.66. The van der Waals surface area contributed by atoms with Crippen molar-refractivity contribution in [3.8, 4) is 5.75 Å². The van der Waals surface area contributed by atoms with Crippen LogP contribution in [0.15, 0.2) is 47.1 Å². The summed E-state index contributed by atoms with van der Waals surface area (Å²) in [5.41, 5.74) is 5.34. The Labute approximate surface area is 170 Å². The lowest BCUT2D eigenvalue weighted by molar-refractivity contribution is 0.297. The van der Waals surface area contributed by atoms with Gasteiger partial charge in [-0.3, -0.25) is 0 Å². The van der Waals surface area contributed by atoms with Gasteiger partial charge in [-0.15, -0.1) is 0 Å². The van der Waals surface area contributed by atoms with E-state index in [1.807, 2.05) is 6.07 Å². The third-order valence-corrected chi connectivity index (χ3v) is 6.73. The second-order valence-corrected chi connectivity index (χ2v) is 8.58. The van der Waals surface area contributed by atoms with Crippen LogP contribution in [0.5, 0.6) is 5.75 Å². The third-order valence-electron chi connectivity index (χ3n) is 5.87. The van der Waals surface area contributed by atoms with Crippen LogP contribution in [-0.2, 0) is 6.54 Å². The summed E-state index contributed by atoms with van der Waals surface area (Å²) in [4.78, 5) is 0. The largest absolute Gasteiger partial charge is 0.491 e. The van der Waals surface area contributed by atoms with E-state index >= 15 is 0 Å². The van der Waals surface area contributed by atoms with Gasteiger partial charge in [-0.1, -0.05) is 49.6 Å². The number of ether oxygens (including phenoxy) is 1. The fourth-order valence-electron chi connectivity index (χ4n) is 4.42. The molecule has 2 aromatic carbocycles. The smallest absolute Gasteiger partial charge is 0.122 e. The monoisotopic (exact) mass is 425 g/mol. The highest BCUT2D eigenvalue weighted by Gasteiger charge is 2.24. The van der Waals surface area contributed by atoms with Crippen LogP contribution in [0.4, 0.5) is 0 Å². The molecule has 0 bridgehead atoms. The molecule has 0 radical (unpaired) electrons. The zero-order valence-electron chi connectivity index (χ0n) is 16.3. The van der Waals surface area contributed by atoms with Gasteiger partial charge in [0.05, 0.1) is 11.1 Å². The highest BCUT2D eigenvalue weighted by atomic mass is 79.9. The number of aromatic nitrogens is 1. The van der Waals surface area contributed by atoms with Crippen LogP contribution in [0, 0.1) is 13.8 Å². The molecule has 1 aliphatic rings. The maximum absolute atomic E-state index is 6.09. The lowest BCUT2D eigenvalue weighted by Crippen LogP contribution is -2.10. The molecular weight excluding hydrogens is 398 g/mol. The number of aryl methyl sites for hydroxylation is 2. The van der Waals surface area contributed by atoms with E-state index in [4.69, 9.17) is 4.74 Å². The van der Waals surface area contributed by atoms with Crippen LogP contribution >= 0.6 is 15.9 Å². The Morgan fingerprint density at radius 2 is 1.81 bits per heavy atom. The lowest BCUT2D eigenvalue weighted by atomic mass is 9.84. The zero-order valence-corrected chi connectivity index (χ0v) is 17.9. The van der Waals surface area contributed by atoms with Crippen molar-refractivity contribution < 1.29 is 4.74 Å². The van der Waals surface area contributed by atoms with Gasteiger partial charge in [0.1, 0.15) is 12.4 Å². The molecule has 3 aromatic rings. The van der Waals surface area contributed by atoms with E-state index in [1.54, 1.807) is 0 Å².